The van der Waals surface area contributed by atoms with Crippen LogP contribution in [0.5, 0.6) is 0 Å². The van der Waals surface area contributed by atoms with Crippen LogP contribution in [0.25, 0.3) is 0 Å². The predicted octanol–water partition coefficient (Wildman–Crippen LogP) is 1.44. The first kappa shape index (κ1) is 7.98. The van der Waals surface area contributed by atoms with Crippen molar-refractivity contribution in [3.05, 3.63) is 48.0 Å². The van der Waals surface area contributed by atoms with E-state index in [2.05, 4.69) is 16.1 Å². The van der Waals surface area contributed by atoms with Gasteiger partial charge >= 0.3 is 0 Å². The molecule has 0 N–H and O–H groups in total. The molecule has 3 heteroatoms. The van der Waals surface area contributed by atoms with Crippen molar-refractivity contribution in [2.45, 2.75) is 13.5 Å². The van der Waals surface area contributed by atoms with Gasteiger partial charge in [0.1, 0.15) is 0 Å². The predicted molar refractivity (Wildman–Crippen MR) is 49.1 cm³/mol. The van der Waals surface area contributed by atoms with Gasteiger partial charge in [-0.3, -0.25) is 9.67 Å². The average molecular weight is 172 g/mol. The fourth-order valence-electron chi connectivity index (χ4n) is 1.16. The Bertz CT molecular complexity index is 378. The first-order chi connectivity index (χ1) is 6.34. The highest BCUT2D eigenvalue weighted by molar-refractivity contribution is 5.04. The first-order valence-corrected chi connectivity index (χ1v) is 4.16. The van der Waals surface area contributed by atoms with Crippen LogP contribution in [0.1, 0.15) is 11.4 Å². The van der Waals surface area contributed by atoms with Crippen molar-refractivity contribution < 1.29 is 0 Å². The minimum atomic E-state index is 0.713. The maximum atomic E-state index is 4.23. The Morgan fingerprint density at radius 3 is 3.00 bits per heavy atom. The van der Waals surface area contributed by atoms with Crippen LogP contribution in [0.4, 0.5) is 0 Å². The zero-order valence-corrected chi connectivity index (χ0v) is 7.44. The summed E-state index contributed by atoms with van der Waals surface area (Å²) in [5.74, 6) is 0. The van der Waals surface area contributed by atoms with Gasteiger partial charge in [-0.15, -0.1) is 0 Å². The Morgan fingerprint density at radius 2 is 2.38 bits per heavy atom. The van der Waals surface area contributed by atoms with Gasteiger partial charge in [0.05, 0.1) is 17.9 Å². The zero-order chi connectivity index (χ0) is 9.10. The summed E-state index contributed by atoms with van der Waals surface area (Å²) in [6.07, 6.45) is 3.62. The minimum Gasteiger partial charge on any atom is -0.266 e. The van der Waals surface area contributed by atoms with E-state index >= 15 is 0 Å². The molecule has 0 spiro atoms. The Hall–Kier alpha value is -1.64. The van der Waals surface area contributed by atoms with Crippen molar-refractivity contribution in [1.29, 1.82) is 0 Å². The van der Waals surface area contributed by atoms with Crippen LogP contribution in [-0.2, 0) is 6.54 Å². The summed E-state index contributed by atoms with van der Waals surface area (Å²) in [5.41, 5.74) is 1.93. The summed E-state index contributed by atoms with van der Waals surface area (Å²) in [7, 11) is 0. The normalized spacial score (nSPS) is 10.2. The van der Waals surface area contributed by atoms with Gasteiger partial charge in [0, 0.05) is 18.5 Å². The zero-order valence-electron chi connectivity index (χ0n) is 7.44. The smallest absolute Gasteiger partial charge is 0.0831 e. The molecule has 0 bridgehead atoms. The number of hydrogen-bond donors (Lipinski definition) is 0. The Morgan fingerprint density at radius 1 is 1.46 bits per heavy atom. The fraction of sp³-hybridized carbons (Fsp3) is 0.200. The van der Waals surface area contributed by atoms with Crippen LogP contribution >= 0.6 is 0 Å². The van der Waals surface area contributed by atoms with Gasteiger partial charge in [-0.05, 0) is 19.1 Å². The Labute approximate surface area is 77.0 Å². The largest absolute Gasteiger partial charge is 0.266 e. The van der Waals surface area contributed by atoms with Crippen molar-refractivity contribution >= 4 is 0 Å². The summed E-state index contributed by atoms with van der Waals surface area (Å²) in [4.78, 5) is 4.21. The lowest BCUT2D eigenvalue weighted by Crippen LogP contribution is -2.01. The highest BCUT2D eigenvalue weighted by atomic mass is 15.3. The van der Waals surface area contributed by atoms with E-state index in [1.165, 1.54) is 0 Å². The Kier molecular flexibility index (Phi) is 2.08. The molecule has 0 aliphatic heterocycles. The third-order valence-electron chi connectivity index (χ3n) is 1.75. The van der Waals surface area contributed by atoms with Gasteiger partial charge < -0.3 is 0 Å². The summed E-state index contributed by atoms with van der Waals surface area (Å²) in [5, 5.41) is 4.23. The number of nitrogens with zero attached hydrogens (tertiary/aromatic N) is 3. The first-order valence-electron chi connectivity index (χ1n) is 4.16. The molecule has 2 aromatic heterocycles. The van der Waals surface area contributed by atoms with E-state index in [9.17, 15) is 0 Å². The average Bonchev–Trinajstić information content (AvgIpc) is 2.53. The number of rotatable bonds is 2. The monoisotopic (exact) mass is 172 g/mol. The quantitative estimate of drug-likeness (QED) is 0.686. The van der Waals surface area contributed by atoms with Crippen LogP contribution in [0.3, 0.4) is 0 Å². The van der Waals surface area contributed by atoms with E-state index < -0.39 is 0 Å². The molecule has 0 aromatic carbocycles. The molecule has 0 amide bonds. The lowest BCUT2D eigenvalue weighted by atomic mass is 10.3. The van der Waals surface area contributed by atoms with Gasteiger partial charge in [0.15, 0.2) is 0 Å². The third kappa shape index (κ3) is 1.93. The van der Waals surface area contributed by atoms with E-state index in [1.807, 2.05) is 36.0 Å². The topological polar surface area (TPSA) is 30.7 Å². The molecule has 2 heterocycles. The van der Waals surface area contributed by atoms with Gasteiger partial charge in [0.25, 0.3) is 0 Å². The summed E-state index contributed by atoms with van der Waals surface area (Å²) in [6.45, 7) is 2.64. The van der Waals surface area contributed by atoms with Crippen LogP contribution in [-0.4, -0.2) is 14.8 Å². The second-order valence-electron chi connectivity index (χ2n) is 2.88. The van der Waals surface area contributed by atoms with Crippen molar-refractivity contribution in [2.24, 2.45) is 0 Å². The van der Waals surface area contributed by atoms with E-state index in [0.717, 1.165) is 11.4 Å². The van der Waals surface area contributed by atoms with Crippen molar-refractivity contribution in [1.82, 2.24) is 14.8 Å². The molecule has 0 unspecified atom stereocenters. The highest BCUT2D eigenvalue weighted by Crippen LogP contribution is 1.98. The SMILES string of the molecule is Cc1[c]cn(Cc2ccccn2)n1. The van der Waals surface area contributed by atoms with Crippen LogP contribution < -0.4 is 0 Å². The molecule has 1 radical (unpaired) electrons. The summed E-state index contributed by atoms with van der Waals surface area (Å²) >= 11 is 0. The standard InChI is InChI=1S/C10H10N3/c1-9-5-7-13(12-9)8-10-4-2-3-6-11-10/h2-4,6-7H,8H2,1H3. The van der Waals surface area contributed by atoms with Crippen molar-refractivity contribution in [3.8, 4) is 0 Å². The molecule has 2 aromatic rings. The lowest BCUT2D eigenvalue weighted by Gasteiger charge is -1.99. The highest BCUT2D eigenvalue weighted by Gasteiger charge is 1.96. The number of hydrogen-bond acceptors (Lipinski definition) is 2. The second kappa shape index (κ2) is 3.39. The molecule has 0 aliphatic rings. The molecule has 0 atom stereocenters. The maximum absolute atomic E-state index is 4.23. The molecule has 13 heavy (non-hydrogen) atoms. The second-order valence-corrected chi connectivity index (χ2v) is 2.88. The van der Waals surface area contributed by atoms with Crippen LogP contribution in [0, 0.1) is 13.0 Å². The molecular formula is C10H10N3. The van der Waals surface area contributed by atoms with Gasteiger partial charge in [-0.25, -0.2) is 0 Å². The van der Waals surface area contributed by atoms with E-state index in [0.29, 0.717) is 6.54 Å². The lowest BCUT2D eigenvalue weighted by molar-refractivity contribution is 0.666. The van der Waals surface area contributed by atoms with Crippen molar-refractivity contribution in [2.75, 3.05) is 0 Å². The van der Waals surface area contributed by atoms with Gasteiger partial charge in [-0.2, -0.15) is 5.10 Å². The van der Waals surface area contributed by atoms with Gasteiger partial charge in [-0.1, -0.05) is 6.07 Å². The van der Waals surface area contributed by atoms with E-state index in [1.54, 1.807) is 6.20 Å². The molecular weight excluding hydrogens is 162 g/mol. The molecule has 0 aliphatic carbocycles. The molecule has 65 valence electrons. The molecule has 0 fully saturated rings. The van der Waals surface area contributed by atoms with Crippen molar-refractivity contribution in [3.63, 3.8) is 0 Å². The van der Waals surface area contributed by atoms with Gasteiger partial charge in [0.2, 0.25) is 0 Å². The molecule has 0 saturated heterocycles. The maximum Gasteiger partial charge on any atom is 0.0831 e. The van der Waals surface area contributed by atoms with Crippen LogP contribution in [0.2, 0.25) is 0 Å². The van der Waals surface area contributed by atoms with Crippen LogP contribution in [0.15, 0.2) is 30.6 Å². The summed E-state index contributed by atoms with van der Waals surface area (Å²) in [6, 6.07) is 8.88. The Balaban J connectivity index is 2.15. The number of aryl methyl sites for hydroxylation is 1. The molecule has 3 nitrogen and oxygen atoms in total. The van der Waals surface area contributed by atoms with E-state index in [4.69, 9.17) is 0 Å². The molecule has 0 saturated carbocycles. The third-order valence-corrected chi connectivity index (χ3v) is 1.75. The minimum absolute atomic E-state index is 0.713. The summed E-state index contributed by atoms with van der Waals surface area (Å²) < 4.78 is 1.83. The number of pyridine rings is 1. The van der Waals surface area contributed by atoms with E-state index in [-0.39, 0.29) is 0 Å². The molecule has 2 rings (SSSR count). The fourth-order valence-corrected chi connectivity index (χ4v) is 1.16. The number of aromatic nitrogens is 3.